The fourth-order valence-electron chi connectivity index (χ4n) is 1.62. The van der Waals surface area contributed by atoms with Crippen LogP contribution in [0.2, 0.25) is 0 Å². The summed E-state index contributed by atoms with van der Waals surface area (Å²) in [6.45, 7) is 4.56. The van der Waals surface area contributed by atoms with Crippen molar-refractivity contribution in [2.45, 2.75) is 26.3 Å². The topological polar surface area (TPSA) is 38.1 Å². The van der Waals surface area contributed by atoms with Crippen molar-refractivity contribution in [1.29, 1.82) is 0 Å². The third-order valence-electron chi connectivity index (χ3n) is 2.40. The summed E-state index contributed by atoms with van der Waals surface area (Å²) in [7, 11) is 1.82. The Bertz CT molecular complexity index is 505. The van der Waals surface area contributed by atoms with Crippen molar-refractivity contribution in [3.05, 3.63) is 29.4 Å². The minimum atomic E-state index is -0.345. The number of nitrogens with zero attached hydrogens (tertiary/aromatic N) is 1. The van der Waals surface area contributed by atoms with Crippen LogP contribution >= 0.6 is 0 Å². The highest BCUT2D eigenvalue weighted by molar-refractivity contribution is 5.74. The van der Waals surface area contributed by atoms with Crippen molar-refractivity contribution in [3.63, 3.8) is 0 Å². The molecule has 4 heteroatoms. The van der Waals surface area contributed by atoms with Gasteiger partial charge in [0.05, 0.1) is 0 Å². The lowest BCUT2D eigenvalue weighted by Crippen LogP contribution is -2.05. The maximum absolute atomic E-state index is 13.7. The van der Waals surface area contributed by atoms with Gasteiger partial charge >= 0.3 is 0 Å². The molecule has 0 atom stereocenters. The quantitative estimate of drug-likeness (QED) is 0.867. The van der Waals surface area contributed by atoms with Gasteiger partial charge in [-0.3, -0.25) is 0 Å². The van der Waals surface area contributed by atoms with E-state index in [9.17, 15) is 4.39 Å². The number of rotatable bonds is 3. The minimum absolute atomic E-state index is 0.166. The fraction of sp³-hybridized carbons (Fsp3) is 0.417. The summed E-state index contributed by atoms with van der Waals surface area (Å²) in [6, 6.07) is 3.33. The second-order valence-electron chi connectivity index (χ2n) is 4.16. The first-order chi connectivity index (χ1) is 7.61. The van der Waals surface area contributed by atoms with Gasteiger partial charge in [-0.15, -0.1) is 0 Å². The molecule has 0 aliphatic carbocycles. The Morgan fingerprint density at radius 1 is 1.44 bits per heavy atom. The van der Waals surface area contributed by atoms with E-state index in [1.807, 2.05) is 27.0 Å². The Balaban J connectivity index is 2.54. The van der Waals surface area contributed by atoms with Gasteiger partial charge in [0.1, 0.15) is 5.52 Å². The molecule has 0 radical (unpaired) electrons. The predicted octanol–water partition coefficient (Wildman–Crippen LogP) is 2.81. The predicted molar refractivity (Wildman–Crippen MR) is 60.8 cm³/mol. The average Bonchev–Trinajstić information content (AvgIpc) is 2.62. The van der Waals surface area contributed by atoms with Crippen molar-refractivity contribution < 1.29 is 8.81 Å². The average molecular weight is 222 g/mol. The zero-order valence-corrected chi connectivity index (χ0v) is 9.67. The van der Waals surface area contributed by atoms with E-state index in [0.717, 1.165) is 5.56 Å². The molecule has 0 unspecified atom stereocenters. The summed E-state index contributed by atoms with van der Waals surface area (Å²) in [5.74, 6) is 0.400. The second-order valence-corrected chi connectivity index (χ2v) is 4.16. The highest BCUT2D eigenvalue weighted by Crippen LogP contribution is 2.24. The number of hydrogen-bond donors (Lipinski definition) is 1. The summed E-state index contributed by atoms with van der Waals surface area (Å²) in [4.78, 5) is 4.28. The molecule has 1 aromatic heterocycles. The van der Waals surface area contributed by atoms with Crippen molar-refractivity contribution in [1.82, 2.24) is 10.3 Å². The van der Waals surface area contributed by atoms with Gasteiger partial charge in [0.15, 0.2) is 17.3 Å². The Morgan fingerprint density at radius 2 is 2.19 bits per heavy atom. The standard InChI is InChI=1S/C12H15FN2O/c1-7(2)12-15-10-5-8(6-14-3)4-9(13)11(10)16-12/h4-5,7,14H,6H2,1-3H3. The summed E-state index contributed by atoms with van der Waals surface area (Å²) >= 11 is 0. The first-order valence-corrected chi connectivity index (χ1v) is 5.35. The van der Waals surface area contributed by atoms with E-state index in [-0.39, 0.29) is 17.3 Å². The second kappa shape index (κ2) is 4.22. The molecule has 1 N–H and O–H groups in total. The summed E-state index contributed by atoms with van der Waals surface area (Å²) in [6.07, 6.45) is 0. The van der Waals surface area contributed by atoms with E-state index in [1.54, 1.807) is 0 Å². The van der Waals surface area contributed by atoms with Gasteiger partial charge in [-0.25, -0.2) is 9.37 Å². The van der Waals surface area contributed by atoms with Crippen molar-refractivity contribution in [2.75, 3.05) is 7.05 Å². The van der Waals surface area contributed by atoms with E-state index < -0.39 is 0 Å². The molecule has 0 fully saturated rings. The van der Waals surface area contributed by atoms with Crippen LogP contribution in [0.25, 0.3) is 11.1 Å². The van der Waals surface area contributed by atoms with Gasteiger partial charge in [0, 0.05) is 12.5 Å². The molecule has 0 aliphatic rings. The molecule has 0 amide bonds. The zero-order chi connectivity index (χ0) is 11.7. The molecule has 3 nitrogen and oxygen atoms in total. The van der Waals surface area contributed by atoms with Crippen LogP contribution in [0.3, 0.4) is 0 Å². The largest absolute Gasteiger partial charge is 0.437 e. The Hall–Kier alpha value is -1.42. The third kappa shape index (κ3) is 1.93. The number of hydrogen-bond acceptors (Lipinski definition) is 3. The highest BCUT2D eigenvalue weighted by Gasteiger charge is 2.13. The zero-order valence-electron chi connectivity index (χ0n) is 9.67. The molecule has 0 bridgehead atoms. The summed E-state index contributed by atoms with van der Waals surface area (Å²) < 4.78 is 19.1. The van der Waals surface area contributed by atoms with Crippen LogP contribution in [0, 0.1) is 5.82 Å². The number of oxazole rings is 1. The fourth-order valence-corrected chi connectivity index (χ4v) is 1.62. The maximum Gasteiger partial charge on any atom is 0.198 e. The van der Waals surface area contributed by atoms with Crippen LogP contribution < -0.4 is 5.32 Å². The van der Waals surface area contributed by atoms with Gasteiger partial charge in [-0.1, -0.05) is 13.8 Å². The number of halogens is 1. The molecule has 1 aromatic carbocycles. The summed E-state index contributed by atoms with van der Waals surface area (Å²) in [5.41, 5.74) is 1.72. The molecular weight excluding hydrogens is 207 g/mol. The monoisotopic (exact) mass is 222 g/mol. The van der Waals surface area contributed by atoms with E-state index >= 15 is 0 Å². The van der Waals surface area contributed by atoms with Crippen LogP contribution in [0.15, 0.2) is 16.5 Å². The maximum atomic E-state index is 13.7. The normalized spacial score (nSPS) is 11.6. The van der Waals surface area contributed by atoms with E-state index in [0.29, 0.717) is 18.0 Å². The number of fused-ring (bicyclic) bond motifs is 1. The van der Waals surface area contributed by atoms with Crippen molar-refractivity contribution in [2.24, 2.45) is 0 Å². The Kier molecular flexibility index (Phi) is 2.92. The SMILES string of the molecule is CNCc1cc(F)c2oc(C(C)C)nc2c1. The van der Waals surface area contributed by atoms with Crippen LogP contribution in [-0.4, -0.2) is 12.0 Å². The molecule has 2 aromatic rings. The molecule has 1 heterocycles. The van der Waals surface area contributed by atoms with Gasteiger partial charge in [0.2, 0.25) is 0 Å². The first-order valence-electron chi connectivity index (χ1n) is 5.35. The van der Waals surface area contributed by atoms with Gasteiger partial charge in [-0.2, -0.15) is 0 Å². The van der Waals surface area contributed by atoms with Crippen molar-refractivity contribution in [3.8, 4) is 0 Å². The lowest BCUT2D eigenvalue weighted by molar-refractivity contribution is 0.483. The van der Waals surface area contributed by atoms with Gasteiger partial charge < -0.3 is 9.73 Å². The number of nitrogens with one attached hydrogen (secondary N) is 1. The minimum Gasteiger partial charge on any atom is -0.437 e. The molecule has 86 valence electrons. The molecule has 0 spiro atoms. The highest BCUT2D eigenvalue weighted by atomic mass is 19.1. The molecule has 0 aliphatic heterocycles. The Morgan fingerprint density at radius 3 is 2.81 bits per heavy atom. The lowest BCUT2D eigenvalue weighted by Gasteiger charge is -1.99. The van der Waals surface area contributed by atoms with E-state index in [4.69, 9.17) is 4.42 Å². The Labute approximate surface area is 93.7 Å². The van der Waals surface area contributed by atoms with Crippen LogP contribution in [0.4, 0.5) is 4.39 Å². The van der Waals surface area contributed by atoms with E-state index in [1.165, 1.54) is 6.07 Å². The van der Waals surface area contributed by atoms with Crippen LogP contribution in [0.1, 0.15) is 31.2 Å². The number of benzene rings is 1. The smallest absolute Gasteiger partial charge is 0.198 e. The number of aromatic nitrogens is 1. The van der Waals surface area contributed by atoms with E-state index in [2.05, 4.69) is 10.3 Å². The molecule has 0 saturated carbocycles. The first kappa shape index (κ1) is 11.1. The molecular formula is C12H15FN2O. The lowest BCUT2D eigenvalue weighted by atomic mass is 10.2. The summed E-state index contributed by atoms with van der Waals surface area (Å²) in [5, 5.41) is 2.98. The van der Waals surface area contributed by atoms with Gasteiger partial charge in [0.25, 0.3) is 0 Å². The van der Waals surface area contributed by atoms with Crippen LogP contribution in [0.5, 0.6) is 0 Å². The molecule has 0 saturated heterocycles. The van der Waals surface area contributed by atoms with Gasteiger partial charge in [-0.05, 0) is 24.7 Å². The molecule has 16 heavy (non-hydrogen) atoms. The molecule has 2 rings (SSSR count). The third-order valence-corrected chi connectivity index (χ3v) is 2.40. The van der Waals surface area contributed by atoms with Crippen LogP contribution in [-0.2, 0) is 6.54 Å². The van der Waals surface area contributed by atoms with Crippen molar-refractivity contribution >= 4 is 11.1 Å².